The second-order valence-corrected chi connectivity index (χ2v) is 9.55. The van der Waals surface area contributed by atoms with Crippen molar-refractivity contribution in [2.75, 3.05) is 4.90 Å². The van der Waals surface area contributed by atoms with Gasteiger partial charge in [-0.2, -0.15) is 0 Å². The van der Waals surface area contributed by atoms with Crippen molar-refractivity contribution in [1.82, 2.24) is 0 Å². The molecule has 6 aromatic carbocycles. The molecule has 0 saturated carbocycles. The Bertz CT molecular complexity index is 1660. The molecule has 6 aromatic rings. The molecule has 0 fully saturated rings. The second kappa shape index (κ2) is 10.7. The summed E-state index contributed by atoms with van der Waals surface area (Å²) in [7, 11) is 2.15. The summed E-state index contributed by atoms with van der Waals surface area (Å²) in [6.07, 6.45) is 0. The van der Waals surface area contributed by atoms with E-state index in [1.165, 1.54) is 38.8 Å². The van der Waals surface area contributed by atoms with Gasteiger partial charge in [-0.15, -0.1) is 0 Å². The van der Waals surface area contributed by atoms with E-state index in [0.29, 0.717) is 0 Å². The highest BCUT2D eigenvalue weighted by atomic mass is 15.1. The monoisotopic (exact) mass is 485 g/mol. The number of benzene rings is 6. The summed E-state index contributed by atoms with van der Waals surface area (Å²) >= 11 is 0. The molecule has 0 N–H and O–H groups in total. The highest BCUT2D eigenvalue weighted by Crippen LogP contribution is 2.41. The summed E-state index contributed by atoms with van der Waals surface area (Å²) < 4.78 is 0. The minimum absolute atomic E-state index is 1.13. The van der Waals surface area contributed by atoms with Crippen LogP contribution < -0.4 is 10.4 Å². The van der Waals surface area contributed by atoms with Crippen LogP contribution in [0.4, 0.5) is 17.1 Å². The van der Waals surface area contributed by atoms with E-state index < -0.39 is 0 Å². The molecule has 0 aliphatic heterocycles. The molecule has 0 radical (unpaired) electrons. The highest BCUT2D eigenvalue weighted by Gasteiger charge is 2.17. The summed E-state index contributed by atoms with van der Waals surface area (Å²) in [4.78, 5) is 2.36. The van der Waals surface area contributed by atoms with E-state index in [4.69, 9.17) is 0 Å². The lowest BCUT2D eigenvalue weighted by Gasteiger charge is -2.28. The van der Waals surface area contributed by atoms with E-state index in [-0.39, 0.29) is 0 Å². The van der Waals surface area contributed by atoms with Gasteiger partial charge in [0.2, 0.25) is 0 Å². The summed E-state index contributed by atoms with van der Waals surface area (Å²) in [6, 6.07) is 56.2. The van der Waals surface area contributed by atoms with Gasteiger partial charge in [-0.25, -0.2) is 0 Å². The predicted octanol–water partition coefficient (Wildman–Crippen LogP) is 8.42. The van der Waals surface area contributed by atoms with Crippen LogP contribution in [0.2, 0.25) is 0 Å². The number of nitrogens with zero attached hydrogens (tertiary/aromatic N) is 1. The molecule has 0 bridgehead atoms. The molecule has 0 saturated heterocycles. The molecule has 0 aliphatic carbocycles. The van der Waals surface area contributed by atoms with Gasteiger partial charge >= 0.3 is 0 Å². The van der Waals surface area contributed by atoms with E-state index >= 15 is 0 Å². The third kappa shape index (κ3) is 4.90. The summed E-state index contributed by atoms with van der Waals surface area (Å²) in [5.41, 5.74) is 11.9. The zero-order valence-corrected chi connectivity index (χ0v) is 21.5. The molecule has 180 valence electrons. The maximum atomic E-state index is 2.36. The van der Waals surface area contributed by atoms with Gasteiger partial charge in [-0.1, -0.05) is 133 Å². The van der Waals surface area contributed by atoms with Gasteiger partial charge in [0.1, 0.15) is 7.85 Å². The lowest BCUT2D eigenvalue weighted by molar-refractivity contribution is 1.28. The van der Waals surface area contributed by atoms with Crippen molar-refractivity contribution in [3.63, 3.8) is 0 Å². The van der Waals surface area contributed by atoms with Crippen molar-refractivity contribution in [1.29, 1.82) is 0 Å². The molecule has 0 aliphatic rings. The lowest BCUT2D eigenvalue weighted by atomic mass is 9.91. The number of hydrogen-bond acceptors (Lipinski definition) is 1. The fraction of sp³-hybridized carbons (Fsp3) is 0. The molecule has 0 amide bonds. The molecule has 2 heteroatoms. The van der Waals surface area contributed by atoms with Gasteiger partial charge in [-0.05, 0) is 58.1 Å². The fourth-order valence-corrected chi connectivity index (χ4v) is 5.04. The zero-order valence-electron chi connectivity index (χ0n) is 21.5. The SMILES string of the molecule is Bc1cccc(-c2ccccc2N(c2ccccc2)c2cccc(-c3ccc(-c4ccccc4)cc3)c2)c1. The summed E-state index contributed by atoms with van der Waals surface area (Å²) in [6.45, 7) is 0. The largest absolute Gasteiger partial charge is 0.310 e. The molecule has 0 aromatic heterocycles. The highest BCUT2D eigenvalue weighted by molar-refractivity contribution is 6.32. The Morgan fingerprint density at radius 3 is 1.63 bits per heavy atom. The number of anilines is 3. The predicted molar refractivity (Wildman–Crippen MR) is 166 cm³/mol. The number of hydrogen-bond donors (Lipinski definition) is 0. The van der Waals surface area contributed by atoms with Gasteiger partial charge < -0.3 is 4.90 Å². The fourth-order valence-electron chi connectivity index (χ4n) is 5.04. The summed E-state index contributed by atoms with van der Waals surface area (Å²) in [5.74, 6) is 0. The van der Waals surface area contributed by atoms with E-state index in [1.807, 2.05) is 0 Å². The van der Waals surface area contributed by atoms with Crippen LogP contribution in [-0.4, -0.2) is 7.85 Å². The first-order valence-corrected chi connectivity index (χ1v) is 13.0. The maximum absolute atomic E-state index is 2.36. The molecule has 6 rings (SSSR count). The van der Waals surface area contributed by atoms with Crippen molar-refractivity contribution in [2.24, 2.45) is 0 Å². The molecule has 0 unspecified atom stereocenters. The van der Waals surface area contributed by atoms with E-state index in [0.717, 1.165) is 17.1 Å². The van der Waals surface area contributed by atoms with Crippen LogP contribution in [0.15, 0.2) is 158 Å². The summed E-state index contributed by atoms with van der Waals surface area (Å²) in [5, 5.41) is 0. The molecule has 1 nitrogen and oxygen atoms in total. The van der Waals surface area contributed by atoms with E-state index in [9.17, 15) is 0 Å². The first-order valence-electron chi connectivity index (χ1n) is 13.0. The van der Waals surface area contributed by atoms with Crippen molar-refractivity contribution < 1.29 is 0 Å². The molecule has 0 heterocycles. The first kappa shape index (κ1) is 23.6. The molecule has 0 spiro atoms. The van der Waals surface area contributed by atoms with Crippen LogP contribution in [-0.2, 0) is 0 Å². The lowest BCUT2D eigenvalue weighted by Crippen LogP contribution is -2.11. The molecular weight excluding hydrogens is 457 g/mol. The van der Waals surface area contributed by atoms with Gasteiger partial charge in [-0.3, -0.25) is 0 Å². The molecule has 38 heavy (non-hydrogen) atoms. The Labute approximate surface area is 226 Å². The Balaban J connectivity index is 1.45. The minimum Gasteiger partial charge on any atom is -0.310 e. The van der Waals surface area contributed by atoms with Crippen LogP contribution in [0.25, 0.3) is 33.4 Å². The third-order valence-electron chi connectivity index (χ3n) is 6.92. The molecule has 0 atom stereocenters. The number of rotatable bonds is 6. The smallest absolute Gasteiger partial charge is 0.139 e. The Morgan fingerprint density at radius 1 is 0.368 bits per heavy atom. The van der Waals surface area contributed by atoms with Gasteiger partial charge in [0, 0.05) is 16.9 Å². The van der Waals surface area contributed by atoms with Crippen molar-refractivity contribution in [3.8, 4) is 33.4 Å². The van der Waals surface area contributed by atoms with Crippen LogP contribution in [0.3, 0.4) is 0 Å². The average molecular weight is 485 g/mol. The Morgan fingerprint density at radius 2 is 0.895 bits per heavy atom. The third-order valence-corrected chi connectivity index (χ3v) is 6.92. The van der Waals surface area contributed by atoms with E-state index in [1.54, 1.807) is 0 Å². The van der Waals surface area contributed by atoms with E-state index in [2.05, 4.69) is 170 Å². The van der Waals surface area contributed by atoms with Gasteiger partial charge in [0.05, 0.1) is 5.69 Å². The van der Waals surface area contributed by atoms with Crippen molar-refractivity contribution in [2.45, 2.75) is 0 Å². The average Bonchev–Trinajstić information content (AvgIpc) is 2.99. The van der Waals surface area contributed by atoms with Crippen LogP contribution in [0, 0.1) is 0 Å². The molecular formula is C36H28BN. The minimum atomic E-state index is 1.13. The topological polar surface area (TPSA) is 3.24 Å². The maximum Gasteiger partial charge on any atom is 0.139 e. The first-order chi connectivity index (χ1) is 18.8. The Kier molecular flexibility index (Phi) is 6.61. The number of para-hydroxylation sites is 2. The van der Waals surface area contributed by atoms with Gasteiger partial charge in [0.15, 0.2) is 0 Å². The Hall–Kier alpha value is -4.82. The van der Waals surface area contributed by atoms with Crippen LogP contribution in [0.1, 0.15) is 0 Å². The van der Waals surface area contributed by atoms with Crippen LogP contribution in [0.5, 0.6) is 0 Å². The van der Waals surface area contributed by atoms with Crippen molar-refractivity contribution >= 4 is 30.4 Å². The zero-order chi connectivity index (χ0) is 25.7. The quantitative estimate of drug-likeness (QED) is 0.214. The van der Waals surface area contributed by atoms with Crippen LogP contribution >= 0.6 is 0 Å². The standard InChI is InChI=1S/C36H28BN/c37-32-15-9-14-31(25-32)35-19-7-8-20-36(35)38(33-16-5-2-6-17-33)34-18-10-13-30(26-34)29-23-21-28(22-24-29)27-11-3-1-4-12-27/h1-26H,37H2. The normalized spacial score (nSPS) is 10.7. The van der Waals surface area contributed by atoms with Gasteiger partial charge in [0.25, 0.3) is 0 Å². The second-order valence-electron chi connectivity index (χ2n) is 9.55. The van der Waals surface area contributed by atoms with Crippen molar-refractivity contribution in [3.05, 3.63) is 158 Å².